The fourth-order valence-corrected chi connectivity index (χ4v) is 2.41. The van der Waals surface area contributed by atoms with Crippen molar-refractivity contribution in [3.63, 3.8) is 0 Å². The lowest BCUT2D eigenvalue weighted by atomic mass is 10.1. The van der Waals surface area contributed by atoms with Gasteiger partial charge in [-0.25, -0.2) is 5.10 Å². The number of H-pyrrole nitrogens is 1. The molecule has 0 aliphatic rings. The number of aromatic nitrogens is 2. The molecule has 7 heteroatoms. The zero-order valence-electron chi connectivity index (χ0n) is 13.5. The number of fused-ring (bicyclic) bond motifs is 1. The topological polar surface area (TPSA) is 78.1 Å². The normalized spacial score (nSPS) is 10.6. The van der Waals surface area contributed by atoms with Crippen LogP contribution in [0.2, 0.25) is 0 Å². The third kappa shape index (κ3) is 5.04. The summed E-state index contributed by atoms with van der Waals surface area (Å²) in [6, 6.07) is 7.18. The molecule has 0 aliphatic heterocycles. The number of hydrogen-bond donors (Lipinski definition) is 2. The first-order chi connectivity index (χ1) is 10.7. The molecule has 126 valence electrons. The third-order valence-electron chi connectivity index (χ3n) is 3.75. The summed E-state index contributed by atoms with van der Waals surface area (Å²) in [7, 11) is 0. The number of nitrogens with zero attached hydrogens (tertiary/aromatic N) is 2. The zero-order chi connectivity index (χ0) is 15.9. The first-order valence-electron chi connectivity index (χ1n) is 7.61. The van der Waals surface area contributed by atoms with Crippen LogP contribution >= 0.6 is 12.4 Å². The van der Waals surface area contributed by atoms with Crippen LogP contribution in [0.4, 0.5) is 0 Å². The molecule has 1 heterocycles. The van der Waals surface area contributed by atoms with Crippen LogP contribution in [-0.4, -0.2) is 47.2 Å². The van der Waals surface area contributed by atoms with E-state index in [1.54, 1.807) is 12.1 Å². The van der Waals surface area contributed by atoms with Crippen LogP contribution in [0, 0.1) is 0 Å². The summed E-state index contributed by atoms with van der Waals surface area (Å²) >= 11 is 0. The van der Waals surface area contributed by atoms with Gasteiger partial charge in [0.25, 0.3) is 5.56 Å². The SMILES string of the molecule is CCN(CC)CCNC(=O)Cc1n[nH]c(=O)c2ccccc12.Cl. The minimum atomic E-state index is -0.235. The number of likely N-dealkylation sites (N-methyl/N-ethyl adjacent to an activating group) is 1. The highest BCUT2D eigenvalue weighted by Gasteiger charge is 2.10. The Morgan fingerprint density at radius 1 is 1.22 bits per heavy atom. The molecule has 0 saturated carbocycles. The molecule has 2 aromatic rings. The van der Waals surface area contributed by atoms with Crippen molar-refractivity contribution in [1.82, 2.24) is 20.4 Å². The van der Waals surface area contributed by atoms with Gasteiger partial charge in [0.2, 0.25) is 5.91 Å². The van der Waals surface area contributed by atoms with Crippen LogP contribution in [0.1, 0.15) is 19.5 Å². The van der Waals surface area contributed by atoms with Crippen molar-refractivity contribution in [2.75, 3.05) is 26.2 Å². The Labute approximate surface area is 141 Å². The molecule has 23 heavy (non-hydrogen) atoms. The Hall–Kier alpha value is -1.92. The molecular formula is C16H23ClN4O2. The average molecular weight is 339 g/mol. The molecule has 1 aromatic heterocycles. The number of benzene rings is 1. The molecule has 2 rings (SSSR count). The number of aromatic amines is 1. The summed E-state index contributed by atoms with van der Waals surface area (Å²) in [6.45, 7) is 7.58. The van der Waals surface area contributed by atoms with E-state index in [0.29, 0.717) is 17.6 Å². The van der Waals surface area contributed by atoms with Gasteiger partial charge in [-0.3, -0.25) is 9.59 Å². The van der Waals surface area contributed by atoms with Gasteiger partial charge in [0.1, 0.15) is 0 Å². The smallest absolute Gasteiger partial charge is 0.272 e. The number of carbonyl (C=O) groups excluding carboxylic acids is 1. The van der Waals surface area contributed by atoms with Crippen LogP contribution in [-0.2, 0) is 11.2 Å². The van der Waals surface area contributed by atoms with Crippen molar-refractivity contribution in [1.29, 1.82) is 0 Å². The van der Waals surface area contributed by atoms with Gasteiger partial charge in [-0.05, 0) is 19.2 Å². The molecular weight excluding hydrogens is 316 g/mol. The predicted molar refractivity (Wildman–Crippen MR) is 94.1 cm³/mol. The van der Waals surface area contributed by atoms with Gasteiger partial charge in [-0.2, -0.15) is 5.10 Å². The Bertz CT molecular complexity index is 698. The highest BCUT2D eigenvalue weighted by molar-refractivity contribution is 5.88. The standard InChI is InChI=1S/C16H22N4O2.ClH/c1-3-20(4-2)10-9-17-15(21)11-14-12-7-5-6-8-13(12)16(22)19-18-14;/h5-8H,3-4,9-11H2,1-2H3,(H,17,21)(H,19,22);1H. The fourth-order valence-electron chi connectivity index (χ4n) is 2.41. The maximum absolute atomic E-state index is 12.0. The highest BCUT2D eigenvalue weighted by atomic mass is 35.5. The fraction of sp³-hybridized carbons (Fsp3) is 0.438. The Balaban J connectivity index is 0.00000264. The quantitative estimate of drug-likeness (QED) is 0.798. The second-order valence-electron chi connectivity index (χ2n) is 5.10. The van der Waals surface area contributed by atoms with E-state index in [1.165, 1.54) is 0 Å². The number of rotatable bonds is 7. The zero-order valence-corrected chi connectivity index (χ0v) is 14.3. The monoisotopic (exact) mass is 338 g/mol. The maximum Gasteiger partial charge on any atom is 0.272 e. The number of hydrogen-bond acceptors (Lipinski definition) is 4. The molecule has 6 nitrogen and oxygen atoms in total. The van der Waals surface area contributed by atoms with Crippen LogP contribution < -0.4 is 10.9 Å². The summed E-state index contributed by atoms with van der Waals surface area (Å²) in [6.07, 6.45) is 0.162. The Morgan fingerprint density at radius 3 is 2.52 bits per heavy atom. The third-order valence-corrected chi connectivity index (χ3v) is 3.75. The molecule has 1 amide bonds. The summed E-state index contributed by atoms with van der Waals surface area (Å²) in [5, 5.41) is 10.6. The maximum atomic E-state index is 12.0. The van der Waals surface area contributed by atoms with Crippen LogP contribution in [0.25, 0.3) is 10.8 Å². The van der Waals surface area contributed by atoms with Crippen molar-refractivity contribution >= 4 is 29.1 Å². The van der Waals surface area contributed by atoms with Crippen LogP contribution in [0.15, 0.2) is 29.1 Å². The Kier molecular flexibility index (Phi) is 7.71. The Morgan fingerprint density at radius 2 is 1.87 bits per heavy atom. The molecule has 0 spiro atoms. The van der Waals surface area contributed by atoms with Crippen molar-refractivity contribution in [2.24, 2.45) is 0 Å². The molecule has 0 saturated heterocycles. The lowest BCUT2D eigenvalue weighted by molar-refractivity contribution is -0.120. The van der Waals surface area contributed by atoms with Gasteiger partial charge in [-0.1, -0.05) is 32.0 Å². The summed E-state index contributed by atoms with van der Waals surface area (Å²) in [5.74, 6) is -0.0862. The minimum absolute atomic E-state index is 0. The first kappa shape index (κ1) is 19.1. The summed E-state index contributed by atoms with van der Waals surface area (Å²) in [4.78, 5) is 26.0. The van der Waals surface area contributed by atoms with Gasteiger partial charge < -0.3 is 10.2 Å². The van der Waals surface area contributed by atoms with Crippen molar-refractivity contribution in [3.05, 3.63) is 40.3 Å². The van der Waals surface area contributed by atoms with Crippen molar-refractivity contribution in [2.45, 2.75) is 20.3 Å². The number of nitrogens with one attached hydrogen (secondary N) is 2. The number of amides is 1. The van der Waals surface area contributed by atoms with Crippen molar-refractivity contribution in [3.8, 4) is 0 Å². The molecule has 0 aliphatic carbocycles. The van der Waals surface area contributed by atoms with Gasteiger partial charge in [0, 0.05) is 18.5 Å². The largest absolute Gasteiger partial charge is 0.354 e. The lowest BCUT2D eigenvalue weighted by Crippen LogP contribution is -2.35. The molecule has 0 unspecified atom stereocenters. The molecule has 0 fully saturated rings. The van der Waals surface area contributed by atoms with Gasteiger partial charge >= 0.3 is 0 Å². The van der Waals surface area contributed by atoms with E-state index in [9.17, 15) is 9.59 Å². The van der Waals surface area contributed by atoms with Crippen LogP contribution in [0.3, 0.4) is 0 Å². The minimum Gasteiger partial charge on any atom is -0.354 e. The highest BCUT2D eigenvalue weighted by Crippen LogP contribution is 2.12. The number of halogens is 1. The van der Waals surface area contributed by atoms with E-state index in [1.807, 2.05) is 12.1 Å². The van der Waals surface area contributed by atoms with Gasteiger partial charge in [-0.15, -0.1) is 12.4 Å². The molecule has 1 aromatic carbocycles. The average Bonchev–Trinajstić information content (AvgIpc) is 2.54. The lowest BCUT2D eigenvalue weighted by Gasteiger charge is -2.17. The van der Waals surface area contributed by atoms with Gasteiger partial charge in [0.15, 0.2) is 0 Å². The second-order valence-corrected chi connectivity index (χ2v) is 5.10. The second kappa shape index (κ2) is 9.27. The van der Waals surface area contributed by atoms with E-state index in [0.717, 1.165) is 25.0 Å². The van der Waals surface area contributed by atoms with E-state index < -0.39 is 0 Å². The van der Waals surface area contributed by atoms with Crippen molar-refractivity contribution < 1.29 is 4.79 Å². The van der Waals surface area contributed by atoms with E-state index in [4.69, 9.17) is 0 Å². The molecule has 2 N–H and O–H groups in total. The predicted octanol–water partition coefficient (Wildman–Crippen LogP) is 1.35. The van der Waals surface area contributed by atoms with Gasteiger partial charge in [0.05, 0.1) is 17.5 Å². The van der Waals surface area contributed by atoms with Crippen LogP contribution in [0.5, 0.6) is 0 Å². The molecule has 0 radical (unpaired) electrons. The summed E-state index contributed by atoms with van der Waals surface area (Å²) < 4.78 is 0. The van der Waals surface area contributed by atoms with E-state index in [-0.39, 0.29) is 30.3 Å². The van der Waals surface area contributed by atoms with E-state index in [2.05, 4.69) is 34.3 Å². The summed E-state index contributed by atoms with van der Waals surface area (Å²) in [5.41, 5.74) is 0.358. The molecule has 0 bridgehead atoms. The molecule has 0 atom stereocenters. The number of carbonyl (C=O) groups is 1. The van der Waals surface area contributed by atoms with E-state index >= 15 is 0 Å². The first-order valence-corrected chi connectivity index (χ1v) is 7.61.